The van der Waals surface area contributed by atoms with E-state index in [0.29, 0.717) is 26.1 Å². The van der Waals surface area contributed by atoms with E-state index in [2.05, 4.69) is 0 Å². The maximum atomic E-state index is 11.9. The highest BCUT2D eigenvalue weighted by atomic mass is 16.5. The summed E-state index contributed by atoms with van der Waals surface area (Å²) >= 11 is 0. The molecule has 0 spiro atoms. The zero-order valence-corrected chi connectivity index (χ0v) is 10.0. The van der Waals surface area contributed by atoms with Crippen LogP contribution < -0.4 is 0 Å². The van der Waals surface area contributed by atoms with Gasteiger partial charge in [0.1, 0.15) is 11.7 Å². The lowest BCUT2D eigenvalue weighted by atomic mass is 9.92. The van der Waals surface area contributed by atoms with Crippen LogP contribution in [0.5, 0.6) is 0 Å². The number of carbonyl (C=O) groups excluding carboxylic acids is 2. The van der Waals surface area contributed by atoms with Crippen molar-refractivity contribution in [2.75, 3.05) is 19.8 Å². The van der Waals surface area contributed by atoms with E-state index in [0.717, 1.165) is 13.0 Å². The fourth-order valence-electron chi connectivity index (χ4n) is 1.94. The second-order valence-corrected chi connectivity index (χ2v) is 4.11. The third-order valence-corrected chi connectivity index (χ3v) is 2.88. The van der Waals surface area contributed by atoms with Gasteiger partial charge in [-0.1, -0.05) is 6.92 Å². The van der Waals surface area contributed by atoms with E-state index in [4.69, 9.17) is 9.47 Å². The number of hydrogen-bond acceptors (Lipinski definition) is 4. The highest BCUT2D eigenvalue weighted by Gasteiger charge is 2.29. The Hall–Kier alpha value is -0.900. The monoisotopic (exact) mass is 228 g/mol. The van der Waals surface area contributed by atoms with Crippen molar-refractivity contribution in [3.63, 3.8) is 0 Å². The minimum atomic E-state index is -0.583. The number of carbonyl (C=O) groups is 2. The zero-order valence-electron chi connectivity index (χ0n) is 10.0. The molecule has 4 nitrogen and oxygen atoms in total. The molecule has 1 heterocycles. The Labute approximate surface area is 96.3 Å². The van der Waals surface area contributed by atoms with Gasteiger partial charge in [0, 0.05) is 19.6 Å². The molecule has 0 aliphatic carbocycles. The Morgan fingerprint density at radius 1 is 1.44 bits per heavy atom. The molecule has 1 aliphatic heterocycles. The summed E-state index contributed by atoms with van der Waals surface area (Å²) in [4.78, 5) is 23.4. The first kappa shape index (κ1) is 13.2. The average molecular weight is 228 g/mol. The molecule has 16 heavy (non-hydrogen) atoms. The maximum absolute atomic E-state index is 11.9. The SMILES string of the molecule is CCOC(=O)C(CC)C(=O)CC1CCOC1. The van der Waals surface area contributed by atoms with Crippen LogP contribution in [0, 0.1) is 11.8 Å². The third-order valence-electron chi connectivity index (χ3n) is 2.88. The molecule has 0 aromatic rings. The van der Waals surface area contributed by atoms with Crippen molar-refractivity contribution in [1.82, 2.24) is 0 Å². The zero-order chi connectivity index (χ0) is 12.0. The van der Waals surface area contributed by atoms with Crippen molar-refractivity contribution in [2.45, 2.75) is 33.1 Å². The van der Waals surface area contributed by atoms with Crippen LogP contribution in [0.15, 0.2) is 0 Å². The van der Waals surface area contributed by atoms with Gasteiger partial charge in [0.25, 0.3) is 0 Å². The first-order valence-electron chi connectivity index (χ1n) is 5.96. The molecule has 1 aliphatic rings. The third kappa shape index (κ3) is 3.59. The first-order chi connectivity index (χ1) is 7.69. The Morgan fingerprint density at radius 3 is 2.69 bits per heavy atom. The molecular formula is C12H20O4. The summed E-state index contributed by atoms with van der Waals surface area (Å²) in [6, 6.07) is 0. The van der Waals surface area contributed by atoms with E-state index in [1.807, 2.05) is 6.92 Å². The summed E-state index contributed by atoms with van der Waals surface area (Å²) < 4.78 is 10.1. The Bertz CT molecular complexity index is 243. The highest BCUT2D eigenvalue weighted by Crippen LogP contribution is 2.20. The van der Waals surface area contributed by atoms with Crippen molar-refractivity contribution < 1.29 is 19.1 Å². The number of Topliss-reactive ketones (excluding diaryl/α,β-unsaturated/α-hetero) is 1. The van der Waals surface area contributed by atoms with Crippen LogP contribution in [-0.4, -0.2) is 31.6 Å². The number of hydrogen-bond donors (Lipinski definition) is 0. The molecule has 0 aromatic heterocycles. The maximum Gasteiger partial charge on any atom is 0.316 e. The lowest BCUT2D eigenvalue weighted by Gasteiger charge is -2.14. The van der Waals surface area contributed by atoms with E-state index in [9.17, 15) is 9.59 Å². The first-order valence-corrected chi connectivity index (χ1v) is 5.96. The molecule has 0 radical (unpaired) electrons. The predicted octanol–water partition coefficient (Wildman–Crippen LogP) is 1.57. The van der Waals surface area contributed by atoms with Gasteiger partial charge >= 0.3 is 5.97 Å². The van der Waals surface area contributed by atoms with Crippen LogP contribution in [0.3, 0.4) is 0 Å². The quantitative estimate of drug-likeness (QED) is 0.511. The summed E-state index contributed by atoms with van der Waals surface area (Å²) in [7, 11) is 0. The molecule has 1 saturated heterocycles. The second-order valence-electron chi connectivity index (χ2n) is 4.11. The van der Waals surface area contributed by atoms with Gasteiger partial charge in [0.2, 0.25) is 0 Å². The molecule has 2 atom stereocenters. The van der Waals surface area contributed by atoms with Crippen LogP contribution >= 0.6 is 0 Å². The summed E-state index contributed by atoms with van der Waals surface area (Å²) in [5.41, 5.74) is 0. The molecule has 92 valence electrons. The molecule has 1 fully saturated rings. The molecule has 0 bridgehead atoms. The van der Waals surface area contributed by atoms with Gasteiger partial charge in [0.05, 0.1) is 6.61 Å². The summed E-state index contributed by atoms with van der Waals surface area (Å²) in [6.45, 7) is 5.29. The van der Waals surface area contributed by atoms with Crippen molar-refractivity contribution in [3.8, 4) is 0 Å². The van der Waals surface area contributed by atoms with Crippen LogP contribution in [0.2, 0.25) is 0 Å². The van der Waals surface area contributed by atoms with Crippen molar-refractivity contribution in [3.05, 3.63) is 0 Å². The van der Waals surface area contributed by atoms with Crippen LogP contribution in [-0.2, 0) is 19.1 Å². The molecule has 0 N–H and O–H groups in total. The Kier molecular flexibility index (Phi) is 5.46. The van der Waals surface area contributed by atoms with E-state index in [-0.39, 0.29) is 17.7 Å². The lowest BCUT2D eigenvalue weighted by Crippen LogP contribution is -2.27. The van der Waals surface area contributed by atoms with Crippen LogP contribution in [0.25, 0.3) is 0 Å². The van der Waals surface area contributed by atoms with E-state index in [1.165, 1.54) is 0 Å². The number of rotatable bonds is 6. The molecule has 0 amide bonds. The molecule has 0 aromatic carbocycles. The van der Waals surface area contributed by atoms with E-state index < -0.39 is 5.92 Å². The minimum absolute atomic E-state index is 0.00329. The number of ether oxygens (including phenoxy) is 2. The van der Waals surface area contributed by atoms with Crippen LogP contribution in [0.1, 0.15) is 33.1 Å². The van der Waals surface area contributed by atoms with Crippen LogP contribution in [0.4, 0.5) is 0 Å². The van der Waals surface area contributed by atoms with E-state index >= 15 is 0 Å². The molecule has 1 rings (SSSR count). The Morgan fingerprint density at radius 2 is 2.19 bits per heavy atom. The average Bonchev–Trinajstić information content (AvgIpc) is 2.71. The van der Waals surface area contributed by atoms with Crippen molar-refractivity contribution in [2.24, 2.45) is 11.8 Å². The van der Waals surface area contributed by atoms with Gasteiger partial charge in [-0.2, -0.15) is 0 Å². The number of esters is 1. The van der Waals surface area contributed by atoms with E-state index in [1.54, 1.807) is 6.92 Å². The van der Waals surface area contributed by atoms with Gasteiger partial charge in [-0.05, 0) is 25.7 Å². The molecule has 2 unspecified atom stereocenters. The molecular weight excluding hydrogens is 208 g/mol. The summed E-state index contributed by atoms with van der Waals surface area (Å²) in [5.74, 6) is -0.679. The highest BCUT2D eigenvalue weighted by molar-refractivity contribution is 5.99. The predicted molar refractivity (Wildman–Crippen MR) is 59.0 cm³/mol. The smallest absolute Gasteiger partial charge is 0.316 e. The van der Waals surface area contributed by atoms with Gasteiger partial charge in [0.15, 0.2) is 0 Å². The van der Waals surface area contributed by atoms with Gasteiger partial charge < -0.3 is 9.47 Å². The summed E-state index contributed by atoms with van der Waals surface area (Å²) in [6.07, 6.45) is 1.88. The number of ketones is 1. The largest absolute Gasteiger partial charge is 0.465 e. The van der Waals surface area contributed by atoms with Gasteiger partial charge in [-0.25, -0.2) is 0 Å². The fourth-order valence-corrected chi connectivity index (χ4v) is 1.94. The van der Waals surface area contributed by atoms with Crippen molar-refractivity contribution in [1.29, 1.82) is 0 Å². The topological polar surface area (TPSA) is 52.6 Å². The molecule has 0 saturated carbocycles. The second kappa shape index (κ2) is 6.63. The van der Waals surface area contributed by atoms with Gasteiger partial charge in [-0.15, -0.1) is 0 Å². The van der Waals surface area contributed by atoms with Gasteiger partial charge in [-0.3, -0.25) is 9.59 Å². The lowest BCUT2D eigenvalue weighted by molar-refractivity contribution is -0.151. The van der Waals surface area contributed by atoms with Crippen molar-refractivity contribution >= 4 is 11.8 Å². The fraction of sp³-hybridized carbons (Fsp3) is 0.833. The molecule has 4 heteroatoms. The minimum Gasteiger partial charge on any atom is -0.465 e. The summed E-state index contributed by atoms with van der Waals surface area (Å²) in [5, 5.41) is 0. The normalized spacial score (nSPS) is 21.8. The standard InChI is InChI=1S/C12H20O4/c1-3-10(12(14)16-4-2)11(13)7-9-5-6-15-8-9/h9-10H,3-8H2,1-2H3. The Balaban J connectivity index is 2.44.